The Kier molecular flexibility index (Phi) is 8.89. The summed E-state index contributed by atoms with van der Waals surface area (Å²) in [7, 11) is 1.61. The summed E-state index contributed by atoms with van der Waals surface area (Å²) in [5.74, 6) is 1.29. The number of ether oxygens (including phenoxy) is 1. The molecule has 0 saturated carbocycles. The summed E-state index contributed by atoms with van der Waals surface area (Å²) in [6, 6.07) is 7.45. The lowest BCUT2D eigenvalue weighted by molar-refractivity contribution is -0.137. The fraction of sp³-hybridized carbons (Fsp3) is 0.367. The van der Waals surface area contributed by atoms with Crippen LogP contribution < -0.4 is 4.74 Å². The number of hydrazone groups is 1. The summed E-state index contributed by atoms with van der Waals surface area (Å²) in [6.07, 6.45) is 10.7. The van der Waals surface area contributed by atoms with Crippen LogP contribution >= 0.6 is 0 Å². The van der Waals surface area contributed by atoms with Crippen LogP contribution in [0, 0.1) is 6.92 Å². The Balaban J connectivity index is 1.55. The van der Waals surface area contributed by atoms with E-state index in [2.05, 4.69) is 23.0 Å². The van der Waals surface area contributed by atoms with Crippen molar-refractivity contribution in [1.29, 1.82) is 0 Å². The van der Waals surface area contributed by atoms with Crippen molar-refractivity contribution in [3.05, 3.63) is 89.3 Å². The molecule has 1 unspecified atom stereocenters. The highest BCUT2D eigenvalue weighted by atomic mass is 19.4. The number of rotatable bonds is 8. The highest BCUT2D eigenvalue weighted by molar-refractivity contribution is 5.96. The maximum Gasteiger partial charge on any atom is 0.416 e. The summed E-state index contributed by atoms with van der Waals surface area (Å²) in [5, 5.41) is 6.88. The largest absolute Gasteiger partial charge is 0.493 e. The molecule has 0 spiro atoms. The van der Waals surface area contributed by atoms with Crippen molar-refractivity contribution in [2.45, 2.75) is 58.5 Å². The van der Waals surface area contributed by atoms with E-state index in [1.165, 1.54) is 12.1 Å². The standard InChI is InChI=1S/C30H34F3N5O/c1-5-6-9-27-26(24-12-14-25(15-13-24)30(31,32)33)8-7-16-38(27)36-21(2)10-11-23-17-28(39-4)29(34-18-23)37-19-22(3)35-20-37/h9-15,17-20,26H,5-8,16H2,1-4H3/b11-10+,27-9+,36-21+. The molecule has 1 saturated heterocycles. The lowest BCUT2D eigenvalue weighted by atomic mass is 9.87. The number of piperidine rings is 1. The molecule has 0 amide bonds. The monoisotopic (exact) mass is 537 g/mol. The lowest BCUT2D eigenvalue weighted by Crippen LogP contribution is -2.29. The average Bonchev–Trinajstić information content (AvgIpc) is 3.36. The molecule has 3 aromatic rings. The van der Waals surface area contributed by atoms with Crippen molar-refractivity contribution in [3.8, 4) is 11.6 Å². The quantitative estimate of drug-likeness (QED) is 0.278. The molecule has 0 N–H and O–H groups in total. The van der Waals surface area contributed by atoms with Gasteiger partial charge in [0, 0.05) is 30.6 Å². The van der Waals surface area contributed by atoms with Gasteiger partial charge in [-0.05, 0) is 68.5 Å². The van der Waals surface area contributed by atoms with Crippen LogP contribution in [0.1, 0.15) is 67.8 Å². The van der Waals surface area contributed by atoms with Crippen LogP contribution in [-0.2, 0) is 6.18 Å². The number of hydrogen-bond acceptors (Lipinski definition) is 5. The van der Waals surface area contributed by atoms with E-state index in [0.717, 1.165) is 60.5 Å². The number of aromatic nitrogens is 3. The first-order valence-electron chi connectivity index (χ1n) is 13.1. The number of halogens is 3. The number of aryl methyl sites for hydroxylation is 1. The van der Waals surface area contributed by atoms with Crippen LogP contribution in [0.5, 0.6) is 5.75 Å². The predicted octanol–water partition coefficient (Wildman–Crippen LogP) is 7.56. The van der Waals surface area contributed by atoms with Gasteiger partial charge >= 0.3 is 6.18 Å². The molecule has 1 atom stereocenters. The predicted molar refractivity (Wildman–Crippen MR) is 148 cm³/mol. The van der Waals surface area contributed by atoms with Crippen molar-refractivity contribution in [2.75, 3.05) is 13.7 Å². The Morgan fingerprint density at radius 3 is 2.62 bits per heavy atom. The molecular weight excluding hydrogens is 503 g/mol. The molecule has 0 aliphatic carbocycles. The Morgan fingerprint density at radius 2 is 1.97 bits per heavy atom. The second-order valence-corrected chi connectivity index (χ2v) is 9.65. The van der Waals surface area contributed by atoms with E-state index in [1.54, 1.807) is 31.8 Å². The first-order chi connectivity index (χ1) is 18.7. The average molecular weight is 538 g/mol. The first kappa shape index (κ1) is 28.1. The van der Waals surface area contributed by atoms with Gasteiger partial charge in [0.1, 0.15) is 6.33 Å². The highest BCUT2D eigenvalue weighted by Gasteiger charge is 2.31. The lowest BCUT2D eigenvalue weighted by Gasteiger charge is -2.35. The minimum Gasteiger partial charge on any atom is -0.493 e. The first-order valence-corrected chi connectivity index (χ1v) is 13.1. The molecule has 1 aromatic carbocycles. The molecule has 6 nitrogen and oxygen atoms in total. The van der Waals surface area contributed by atoms with Crippen LogP contribution in [0.2, 0.25) is 0 Å². The van der Waals surface area contributed by atoms with E-state index >= 15 is 0 Å². The summed E-state index contributed by atoms with van der Waals surface area (Å²) in [6.45, 7) is 6.71. The van der Waals surface area contributed by atoms with Crippen LogP contribution in [0.3, 0.4) is 0 Å². The molecule has 1 aliphatic heterocycles. The van der Waals surface area contributed by atoms with E-state index in [9.17, 15) is 13.2 Å². The fourth-order valence-corrected chi connectivity index (χ4v) is 4.66. The minimum absolute atomic E-state index is 0.000863. The SMILES string of the molecule is CCC/C=C1\C(c2ccc(C(F)(F)F)cc2)CCCN1/N=C(C)/C=C/c1cnc(-n2cnc(C)c2)c(OC)c1. The van der Waals surface area contributed by atoms with Crippen molar-refractivity contribution >= 4 is 11.8 Å². The third-order valence-corrected chi connectivity index (χ3v) is 6.63. The van der Waals surface area contributed by atoms with Gasteiger partial charge in [-0.15, -0.1) is 0 Å². The molecule has 39 heavy (non-hydrogen) atoms. The van der Waals surface area contributed by atoms with Crippen LogP contribution in [-0.4, -0.2) is 38.9 Å². The Bertz CT molecular complexity index is 1360. The molecule has 0 bridgehead atoms. The molecule has 0 radical (unpaired) electrons. The molecule has 9 heteroatoms. The van der Waals surface area contributed by atoms with E-state index in [4.69, 9.17) is 9.84 Å². The number of imidazole rings is 1. The molecule has 1 fully saturated rings. The summed E-state index contributed by atoms with van der Waals surface area (Å²) < 4.78 is 46.6. The summed E-state index contributed by atoms with van der Waals surface area (Å²) >= 11 is 0. The molecule has 1 aliphatic rings. The van der Waals surface area contributed by atoms with Crippen LogP contribution in [0.25, 0.3) is 11.9 Å². The Labute approximate surface area is 227 Å². The van der Waals surface area contributed by atoms with Crippen molar-refractivity contribution < 1.29 is 17.9 Å². The van der Waals surface area contributed by atoms with E-state index in [1.807, 2.05) is 47.8 Å². The third kappa shape index (κ3) is 6.96. The maximum atomic E-state index is 13.1. The smallest absolute Gasteiger partial charge is 0.416 e. The third-order valence-electron chi connectivity index (χ3n) is 6.63. The topological polar surface area (TPSA) is 55.5 Å². The Morgan fingerprint density at radius 1 is 1.21 bits per heavy atom. The molecule has 2 aromatic heterocycles. The second-order valence-electron chi connectivity index (χ2n) is 9.65. The molecule has 206 valence electrons. The fourth-order valence-electron chi connectivity index (χ4n) is 4.66. The van der Waals surface area contributed by atoms with Gasteiger partial charge in [-0.1, -0.05) is 37.6 Å². The van der Waals surface area contributed by atoms with Gasteiger partial charge in [-0.3, -0.25) is 9.58 Å². The number of alkyl halides is 3. The van der Waals surface area contributed by atoms with Gasteiger partial charge in [-0.25, -0.2) is 9.97 Å². The number of methoxy groups -OCH3 is 1. The summed E-state index contributed by atoms with van der Waals surface area (Å²) in [5.41, 5.74) is 3.85. The van der Waals surface area contributed by atoms with Gasteiger partial charge < -0.3 is 4.74 Å². The van der Waals surface area contributed by atoms with Gasteiger partial charge in [-0.2, -0.15) is 18.3 Å². The van der Waals surface area contributed by atoms with Gasteiger partial charge in [0.15, 0.2) is 11.6 Å². The number of benzene rings is 1. The zero-order chi connectivity index (χ0) is 28.0. The molecular formula is C30H34F3N5O. The van der Waals surface area contributed by atoms with E-state index in [-0.39, 0.29) is 5.92 Å². The van der Waals surface area contributed by atoms with Crippen molar-refractivity contribution in [1.82, 2.24) is 19.5 Å². The zero-order valence-corrected chi connectivity index (χ0v) is 22.7. The van der Waals surface area contributed by atoms with E-state index in [0.29, 0.717) is 11.6 Å². The normalized spacial score (nSPS) is 17.8. The highest BCUT2D eigenvalue weighted by Crippen LogP contribution is 2.38. The number of allylic oxidation sites excluding steroid dienone is 3. The number of nitrogens with zero attached hydrogens (tertiary/aromatic N) is 5. The van der Waals surface area contributed by atoms with Crippen LogP contribution in [0.15, 0.2) is 72.0 Å². The second kappa shape index (κ2) is 12.3. The zero-order valence-electron chi connectivity index (χ0n) is 22.7. The van der Waals surface area contributed by atoms with Gasteiger partial charge in [0.25, 0.3) is 0 Å². The number of unbranched alkanes of at least 4 members (excludes halogenated alkanes) is 1. The summed E-state index contributed by atoms with van der Waals surface area (Å²) in [4.78, 5) is 8.81. The number of hydrogen-bond donors (Lipinski definition) is 0. The Hall–Kier alpha value is -3.88. The van der Waals surface area contributed by atoms with E-state index < -0.39 is 11.7 Å². The molecule has 3 heterocycles. The van der Waals surface area contributed by atoms with Crippen LogP contribution in [0.4, 0.5) is 13.2 Å². The molecule has 4 rings (SSSR count). The minimum atomic E-state index is -4.34. The number of pyridine rings is 1. The maximum absolute atomic E-state index is 13.1. The van der Waals surface area contributed by atoms with Gasteiger partial charge in [0.05, 0.1) is 24.1 Å². The van der Waals surface area contributed by atoms with Gasteiger partial charge in [0.2, 0.25) is 0 Å². The van der Waals surface area contributed by atoms with Crippen molar-refractivity contribution in [2.24, 2.45) is 5.10 Å². The van der Waals surface area contributed by atoms with Crippen molar-refractivity contribution in [3.63, 3.8) is 0 Å².